The van der Waals surface area contributed by atoms with E-state index in [0.717, 1.165) is 5.56 Å². The van der Waals surface area contributed by atoms with E-state index < -0.39 is 11.7 Å². The summed E-state index contributed by atoms with van der Waals surface area (Å²) in [5, 5.41) is 9.86. The standard InChI is InChI=1S/C14H20O3/c1-14(2,3)17-13(16)10-9-12(15)11-7-5-4-6-8-11/h4-8,12,15H,9-10H2,1-3H3/t12-/m0/s1. The Morgan fingerprint density at radius 2 is 1.88 bits per heavy atom. The molecule has 1 N–H and O–H groups in total. The molecular weight excluding hydrogens is 216 g/mol. The number of ether oxygens (including phenoxy) is 1. The molecule has 0 unspecified atom stereocenters. The van der Waals surface area contributed by atoms with Crippen LogP contribution in [0, 0.1) is 0 Å². The lowest BCUT2D eigenvalue weighted by molar-refractivity contribution is -0.155. The van der Waals surface area contributed by atoms with Crippen LogP contribution in [0.25, 0.3) is 0 Å². The molecule has 0 bridgehead atoms. The second-order valence-electron chi connectivity index (χ2n) is 5.05. The second-order valence-corrected chi connectivity index (χ2v) is 5.05. The van der Waals surface area contributed by atoms with Gasteiger partial charge in [0.1, 0.15) is 5.60 Å². The fraction of sp³-hybridized carbons (Fsp3) is 0.500. The van der Waals surface area contributed by atoms with E-state index in [1.165, 1.54) is 0 Å². The molecule has 0 aliphatic heterocycles. The molecule has 0 aliphatic rings. The van der Waals surface area contributed by atoms with Crippen molar-refractivity contribution in [3.8, 4) is 0 Å². The zero-order valence-corrected chi connectivity index (χ0v) is 10.6. The first kappa shape index (κ1) is 13.7. The smallest absolute Gasteiger partial charge is 0.306 e. The zero-order chi connectivity index (χ0) is 12.9. The quantitative estimate of drug-likeness (QED) is 0.818. The second kappa shape index (κ2) is 5.82. The summed E-state index contributed by atoms with van der Waals surface area (Å²) >= 11 is 0. The third-order valence-corrected chi connectivity index (χ3v) is 2.23. The van der Waals surface area contributed by atoms with Crippen molar-refractivity contribution in [1.29, 1.82) is 0 Å². The molecule has 94 valence electrons. The lowest BCUT2D eigenvalue weighted by Gasteiger charge is -2.20. The van der Waals surface area contributed by atoms with Gasteiger partial charge in [0.25, 0.3) is 0 Å². The molecule has 0 saturated carbocycles. The van der Waals surface area contributed by atoms with Crippen molar-refractivity contribution >= 4 is 5.97 Å². The first-order valence-corrected chi connectivity index (χ1v) is 5.83. The molecule has 1 aromatic rings. The topological polar surface area (TPSA) is 46.5 Å². The predicted molar refractivity (Wildman–Crippen MR) is 66.5 cm³/mol. The van der Waals surface area contributed by atoms with Crippen LogP contribution < -0.4 is 0 Å². The van der Waals surface area contributed by atoms with E-state index in [4.69, 9.17) is 4.74 Å². The summed E-state index contributed by atoms with van der Waals surface area (Å²) in [5.74, 6) is -0.271. The molecule has 1 rings (SSSR count). The molecule has 3 nitrogen and oxygen atoms in total. The predicted octanol–water partition coefficient (Wildman–Crippen LogP) is 2.84. The zero-order valence-electron chi connectivity index (χ0n) is 10.6. The average molecular weight is 236 g/mol. The Hall–Kier alpha value is -1.35. The molecular formula is C14H20O3. The van der Waals surface area contributed by atoms with E-state index in [2.05, 4.69) is 0 Å². The Balaban J connectivity index is 2.39. The van der Waals surface area contributed by atoms with E-state index in [1.54, 1.807) is 0 Å². The van der Waals surface area contributed by atoms with Crippen molar-refractivity contribution < 1.29 is 14.6 Å². The number of carbonyl (C=O) groups is 1. The van der Waals surface area contributed by atoms with Crippen LogP contribution in [0.4, 0.5) is 0 Å². The van der Waals surface area contributed by atoms with Crippen molar-refractivity contribution in [1.82, 2.24) is 0 Å². The Morgan fingerprint density at radius 1 is 1.29 bits per heavy atom. The van der Waals surface area contributed by atoms with Gasteiger partial charge in [-0.05, 0) is 32.8 Å². The highest BCUT2D eigenvalue weighted by Gasteiger charge is 2.17. The number of esters is 1. The van der Waals surface area contributed by atoms with Gasteiger partial charge >= 0.3 is 5.97 Å². The number of aliphatic hydroxyl groups excluding tert-OH is 1. The van der Waals surface area contributed by atoms with Crippen molar-refractivity contribution in [2.45, 2.75) is 45.3 Å². The molecule has 0 amide bonds. The van der Waals surface area contributed by atoms with Gasteiger partial charge in [0.05, 0.1) is 6.10 Å². The van der Waals surface area contributed by atoms with Crippen molar-refractivity contribution in [2.75, 3.05) is 0 Å². The highest BCUT2D eigenvalue weighted by atomic mass is 16.6. The number of rotatable bonds is 4. The number of hydrogen-bond donors (Lipinski definition) is 1. The minimum absolute atomic E-state index is 0.229. The Bertz CT molecular complexity index is 351. The Kier molecular flexibility index (Phi) is 4.70. The number of aliphatic hydroxyl groups is 1. The van der Waals surface area contributed by atoms with Gasteiger partial charge in [0.15, 0.2) is 0 Å². The maximum atomic E-state index is 11.5. The van der Waals surface area contributed by atoms with Gasteiger partial charge in [-0.2, -0.15) is 0 Å². The van der Waals surface area contributed by atoms with Gasteiger partial charge in [-0.15, -0.1) is 0 Å². The van der Waals surface area contributed by atoms with Crippen LogP contribution in [0.15, 0.2) is 30.3 Å². The summed E-state index contributed by atoms with van der Waals surface area (Å²) in [7, 11) is 0. The third kappa shape index (κ3) is 5.50. The summed E-state index contributed by atoms with van der Waals surface area (Å²) in [6, 6.07) is 9.32. The minimum atomic E-state index is -0.608. The molecule has 0 aromatic heterocycles. The van der Waals surface area contributed by atoms with Crippen LogP contribution in [0.3, 0.4) is 0 Å². The molecule has 0 aliphatic carbocycles. The molecule has 0 heterocycles. The lowest BCUT2D eigenvalue weighted by Crippen LogP contribution is -2.24. The van der Waals surface area contributed by atoms with Crippen molar-refractivity contribution in [3.05, 3.63) is 35.9 Å². The normalized spacial score (nSPS) is 13.2. The number of benzene rings is 1. The molecule has 0 spiro atoms. The third-order valence-electron chi connectivity index (χ3n) is 2.23. The van der Waals surface area contributed by atoms with Crippen LogP contribution in [-0.4, -0.2) is 16.7 Å². The number of carbonyl (C=O) groups excluding carboxylic acids is 1. The monoisotopic (exact) mass is 236 g/mol. The minimum Gasteiger partial charge on any atom is -0.460 e. The fourth-order valence-electron chi connectivity index (χ4n) is 1.49. The molecule has 3 heteroatoms. The first-order chi connectivity index (χ1) is 7.88. The lowest BCUT2D eigenvalue weighted by atomic mass is 10.1. The van der Waals surface area contributed by atoms with Crippen LogP contribution in [0.2, 0.25) is 0 Å². The molecule has 1 aromatic carbocycles. The Morgan fingerprint density at radius 3 is 2.41 bits per heavy atom. The SMILES string of the molecule is CC(C)(C)OC(=O)CC[C@H](O)c1ccccc1. The van der Waals surface area contributed by atoms with E-state index in [9.17, 15) is 9.90 Å². The summed E-state index contributed by atoms with van der Waals surface area (Å²) in [4.78, 5) is 11.5. The highest BCUT2D eigenvalue weighted by Crippen LogP contribution is 2.19. The largest absolute Gasteiger partial charge is 0.460 e. The highest BCUT2D eigenvalue weighted by molar-refractivity contribution is 5.69. The van der Waals surface area contributed by atoms with Gasteiger partial charge in [-0.1, -0.05) is 30.3 Å². The maximum Gasteiger partial charge on any atom is 0.306 e. The van der Waals surface area contributed by atoms with Gasteiger partial charge in [-0.3, -0.25) is 4.79 Å². The van der Waals surface area contributed by atoms with Crippen LogP contribution in [-0.2, 0) is 9.53 Å². The summed E-state index contributed by atoms with van der Waals surface area (Å²) in [5.41, 5.74) is 0.366. The summed E-state index contributed by atoms with van der Waals surface area (Å²) in [6.07, 6.45) is 0.00965. The van der Waals surface area contributed by atoms with E-state index >= 15 is 0 Å². The fourth-order valence-corrected chi connectivity index (χ4v) is 1.49. The number of hydrogen-bond acceptors (Lipinski definition) is 3. The van der Waals surface area contributed by atoms with Crippen LogP contribution in [0.1, 0.15) is 45.3 Å². The van der Waals surface area contributed by atoms with Gasteiger partial charge < -0.3 is 9.84 Å². The van der Waals surface area contributed by atoms with Gasteiger partial charge in [0.2, 0.25) is 0 Å². The van der Waals surface area contributed by atoms with Crippen molar-refractivity contribution in [2.24, 2.45) is 0 Å². The average Bonchev–Trinajstić information content (AvgIpc) is 2.25. The van der Waals surface area contributed by atoms with E-state index in [-0.39, 0.29) is 12.4 Å². The van der Waals surface area contributed by atoms with E-state index in [1.807, 2.05) is 51.1 Å². The van der Waals surface area contributed by atoms with E-state index in [0.29, 0.717) is 6.42 Å². The molecule has 0 saturated heterocycles. The van der Waals surface area contributed by atoms with Crippen LogP contribution in [0.5, 0.6) is 0 Å². The molecule has 0 fully saturated rings. The molecule has 17 heavy (non-hydrogen) atoms. The van der Waals surface area contributed by atoms with Crippen LogP contribution >= 0.6 is 0 Å². The molecule has 0 radical (unpaired) electrons. The van der Waals surface area contributed by atoms with Gasteiger partial charge in [-0.25, -0.2) is 0 Å². The van der Waals surface area contributed by atoms with Crippen molar-refractivity contribution in [3.63, 3.8) is 0 Å². The summed E-state index contributed by atoms with van der Waals surface area (Å²) in [6.45, 7) is 5.50. The molecule has 1 atom stereocenters. The first-order valence-electron chi connectivity index (χ1n) is 5.83. The van der Waals surface area contributed by atoms with Gasteiger partial charge in [0, 0.05) is 6.42 Å². The maximum absolute atomic E-state index is 11.5. The summed E-state index contributed by atoms with van der Waals surface area (Å²) < 4.78 is 5.17. The Labute approximate surface area is 102 Å².